The molecule has 1 aromatic carbocycles. The van der Waals surface area contributed by atoms with E-state index < -0.39 is 16.7 Å². The maximum absolute atomic E-state index is 12.7. The fraction of sp³-hybridized carbons (Fsp3) is 0.0588. The Morgan fingerprint density at radius 3 is 2.42 bits per heavy atom. The number of nitro groups is 1. The van der Waals surface area contributed by atoms with E-state index in [1.54, 1.807) is 24.3 Å². The van der Waals surface area contributed by atoms with E-state index in [9.17, 15) is 23.3 Å². The van der Waals surface area contributed by atoms with Crippen LogP contribution in [0.2, 0.25) is 0 Å². The normalized spacial score (nSPS) is 12.0. The van der Waals surface area contributed by atoms with Gasteiger partial charge in [0.05, 0.1) is 11.3 Å². The molecule has 0 bridgehead atoms. The van der Waals surface area contributed by atoms with Gasteiger partial charge < -0.3 is 10.1 Å². The smallest absolute Gasteiger partial charge is 0.358 e. The van der Waals surface area contributed by atoms with Crippen molar-refractivity contribution in [2.75, 3.05) is 0 Å². The van der Waals surface area contributed by atoms with E-state index in [1.807, 2.05) is 0 Å². The Morgan fingerprint density at radius 2 is 1.77 bits per heavy atom. The minimum absolute atomic E-state index is 0.160. The van der Waals surface area contributed by atoms with Gasteiger partial charge in [-0.05, 0) is 35.3 Å². The predicted molar refractivity (Wildman–Crippen MR) is 87.6 cm³/mol. The maximum Gasteiger partial charge on any atom is 0.417 e. The summed E-state index contributed by atoms with van der Waals surface area (Å²) in [5.41, 5.74) is 0.972. The van der Waals surface area contributed by atoms with Gasteiger partial charge in [-0.15, -0.1) is 0 Å². The summed E-state index contributed by atoms with van der Waals surface area (Å²) in [4.78, 5) is 19.1. The van der Waals surface area contributed by atoms with Crippen molar-refractivity contribution in [2.45, 2.75) is 6.18 Å². The van der Waals surface area contributed by atoms with Crippen molar-refractivity contribution in [3.8, 4) is 11.4 Å². The molecule has 130 valence electrons. The van der Waals surface area contributed by atoms with Gasteiger partial charge in [-0.1, -0.05) is 12.1 Å². The highest BCUT2D eigenvalue weighted by molar-refractivity contribution is 5.88. The highest BCUT2D eigenvalue weighted by Crippen LogP contribution is 2.32. The van der Waals surface area contributed by atoms with Gasteiger partial charge >= 0.3 is 12.0 Å². The van der Waals surface area contributed by atoms with Crippen LogP contribution in [0.3, 0.4) is 0 Å². The highest BCUT2D eigenvalue weighted by Gasteiger charge is 2.31. The average molecular weight is 358 g/mol. The second-order valence-corrected chi connectivity index (χ2v) is 5.55. The first-order valence-corrected chi connectivity index (χ1v) is 7.44. The van der Waals surface area contributed by atoms with E-state index in [4.69, 9.17) is 0 Å². The van der Waals surface area contributed by atoms with Crippen molar-refractivity contribution in [1.29, 1.82) is 0 Å². The van der Waals surface area contributed by atoms with Crippen molar-refractivity contribution in [3.63, 3.8) is 0 Å². The average Bonchev–Trinajstić information content (AvgIpc) is 3.06. The summed E-state index contributed by atoms with van der Waals surface area (Å²) in [7, 11) is 0. The summed E-state index contributed by atoms with van der Waals surface area (Å²) in [5.74, 6) is -0.160. The molecule has 0 saturated heterocycles. The highest BCUT2D eigenvalue weighted by atomic mass is 19.4. The number of hydrogen-bond acceptors (Lipinski definition) is 4. The van der Waals surface area contributed by atoms with Crippen molar-refractivity contribution < 1.29 is 18.1 Å². The minimum Gasteiger partial charge on any atom is -0.358 e. The van der Waals surface area contributed by atoms with Crippen LogP contribution in [-0.4, -0.2) is 19.3 Å². The molecule has 0 unspecified atom stereocenters. The molecule has 0 aliphatic rings. The number of para-hydroxylation sites is 2. The molecular formula is C17H9F3N4O2. The van der Waals surface area contributed by atoms with Crippen LogP contribution < -0.4 is 0 Å². The van der Waals surface area contributed by atoms with E-state index in [1.165, 1.54) is 22.6 Å². The van der Waals surface area contributed by atoms with Gasteiger partial charge in [-0.25, -0.2) is 4.98 Å². The van der Waals surface area contributed by atoms with Gasteiger partial charge in [0, 0.05) is 12.3 Å². The van der Waals surface area contributed by atoms with Gasteiger partial charge in [0.2, 0.25) is 0 Å². The molecular weight excluding hydrogens is 349 g/mol. The third-order valence-corrected chi connectivity index (χ3v) is 3.98. The van der Waals surface area contributed by atoms with Gasteiger partial charge in [0.1, 0.15) is 11.2 Å². The number of fused-ring (bicyclic) bond motifs is 3. The monoisotopic (exact) mass is 358 g/mol. The van der Waals surface area contributed by atoms with Crippen LogP contribution in [0.1, 0.15) is 5.56 Å². The largest absolute Gasteiger partial charge is 0.417 e. The fourth-order valence-corrected chi connectivity index (χ4v) is 2.82. The van der Waals surface area contributed by atoms with Crippen molar-refractivity contribution >= 4 is 22.4 Å². The summed E-state index contributed by atoms with van der Waals surface area (Å²) in [5, 5.41) is 11.3. The first-order valence-electron chi connectivity index (χ1n) is 7.44. The zero-order valence-electron chi connectivity index (χ0n) is 12.9. The van der Waals surface area contributed by atoms with Crippen LogP contribution in [0.5, 0.6) is 0 Å². The molecule has 0 aliphatic carbocycles. The molecule has 0 aliphatic heterocycles. The van der Waals surface area contributed by atoms with E-state index in [0.29, 0.717) is 16.6 Å². The first-order chi connectivity index (χ1) is 12.4. The number of benzene rings is 1. The maximum atomic E-state index is 12.7. The topological polar surface area (TPSA) is 73.3 Å². The zero-order valence-corrected chi connectivity index (χ0v) is 12.9. The quantitative estimate of drug-likeness (QED) is 0.391. The summed E-state index contributed by atoms with van der Waals surface area (Å²) >= 11 is 0. The molecule has 9 heteroatoms. The van der Waals surface area contributed by atoms with Crippen molar-refractivity contribution in [2.24, 2.45) is 0 Å². The molecule has 6 nitrogen and oxygen atoms in total. The van der Waals surface area contributed by atoms with Crippen LogP contribution in [0, 0.1) is 10.1 Å². The second kappa shape index (κ2) is 5.51. The van der Waals surface area contributed by atoms with Crippen LogP contribution in [0.25, 0.3) is 27.9 Å². The van der Waals surface area contributed by atoms with Gasteiger partial charge in [-0.3, -0.25) is 4.98 Å². The molecule has 0 N–H and O–H groups in total. The predicted octanol–water partition coefficient (Wildman–Crippen LogP) is 4.48. The Morgan fingerprint density at radius 1 is 1.00 bits per heavy atom. The Labute approximate surface area is 143 Å². The van der Waals surface area contributed by atoms with E-state index in [2.05, 4.69) is 9.97 Å². The van der Waals surface area contributed by atoms with Crippen LogP contribution >= 0.6 is 0 Å². The Balaban J connectivity index is 2.02. The number of alkyl halides is 3. The summed E-state index contributed by atoms with van der Waals surface area (Å²) in [6, 6.07) is 11.8. The second-order valence-electron chi connectivity index (χ2n) is 5.55. The van der Waals surface area contributed by atoms with E-state index >= 15 is 0 Å². The molecule has 0 fully saturated rings. The number of aromatic nitrogens is 3. The first kappa shape index (κ1) is 16.0. The molecule has 0 radical (unpaired) electrons. The number of halogens is 3. The van der Waals surface area contributed by atoms with Crippen LogP contribution in [-0.2, 0) is 6.18 Å². The van der Waals surface area contributed by atoms with Gasteiger partial charge in [0.25, 0.3) is 0 Å². The minimum atomic E-state index is -4.49. The summed E-state index contributed by atoms with van der Waals surface area (Å²) in [6.45, 7) is 0. The lowest BCUT2D eigenvalue weighted by Crippen LogP contribution is -2.05. The third-order valence-electron chi connectivity index (χ3n) is 3.98. The lowest BCUT2D eigenvalue weighted by molar-refractivity contribution is -0.390. The van der Waals surface area contributed by atoms with Crippen LogP contribution in [0.4, 0.5) is 19.0 Å². The molecule has 4 aromatic rings. The van der Waals surface area contributed by atoms with Gasteiger partial charge in [-0.2, -0.15) is 17.6 Å². The molecule has 3 aromatic heterocycles. The van der Waals surface area contributed by atoms with Gasteiger partial charge in [0.15, 0.2) is 11.0 Å². The zero-order chi connectivity index (χ0) is 18.5. The molecule has 0 saturated carbocycles. The molecule has 0 atom stereocenters. The molecule has 26 heavy (non-hydrogen) atoms. The number of pyridine rings is 1. The number of hydrogen-bond donors (Lipinski definition) is 0. The molecule has 3 heterocycles. The third kappa shape index (κ3) is 2.44. The lowest BCUT2D eigenvalue weighted by Gasteiger charge is -2.08. The summed E-state index contributed by atoms with van der Waals surface area (Å²) < 4.78 is 39.6. The Bertz CT molecular complexity index is 1150. The SMILES string of the molecule is O=[N+]([O-])c1ccc2c(-c3ccc(C(F)(F)F)cn3)nc3ccccc3n12. The Kier molecular flexibility index (Phi) is 3.39. The van der Waals surface area contributed by atoms with E-state index in [0.717, 1.165) is 12.3 Å². The molecule has 0 amide bonds. The van der Waals surface area contributed by atoms with Crippen molar-refractivity contribution in [3.05, 3.63) is 70.4 Å². The molecule has 0 spiro atoms. The van der Waals surface area contributed by atoms with E-state index in [-0.39, 0.29) is 17.2 Å². The van der Waals surface area contributed by atoms with Crippen LogP contribution in [0.15, 0.2) is 54.7 Å². The number of rotatable bonds is 2. The molecule has 4 rings (SSSR count). The fourth-order valence-electron chi connectivity index (χ4n) is 2.82. The number of nitrogens with zero attached hydrogens (tertiary/aromatic N) is 4. The van der Waals surface area contributed by atoms with Crippen molar-refractivity contribution in [1.82, 2.24) is 14.4 Å². The standard InChI is InChI=1S/C17H9F3N4O2/c18-17(19,20)10-5-6-12(21-9-10)16-14-7-8-15(24(25)26)23(14)13-4-2-1-3-11(13)22-16/h1-9H. The lowest BCUT2D eigenvalue weighted by atomic mass is 10.2. The summed E-state index contributed by atoms with van der Waals surface area (Å²) in [6.07, 6.45) is -3.77. The Hall–Kier alpha value is -3.49.